The summed E-state index contributed by atoms with van der Waals surface area (Å²) in [5.41, 5.74) is -3.62. The average molecular weight is 596 g/mol. The third kappa shape index (κ3) is 4.89. The Labute approximate surface area is 248 Å². The summed E-state index contributed by atoms with van der Waals surface area (Å²) >= 11 is 0. The topological polar surface area (TPSA) is 197 Å². The summed E-state index contributed by atoms with van der Waals surface area (Å²) in [5, 5.41) is 36.9. The second-order valence-electron chi connectivity index (χ2n) is 10.2. The highest BCUT2D eigenvalue weighted by molar-refractivity contribution is 6.05. The number of hydrogen-bond acceptors (Lipinski definition) is 10. The van der Waals surface area contributed by atoms with Gasteiger partial charge < -0.3 is 20.1 Å². The minimum absolute atomic E-state index is 0.00165. The lowest BCUT2D eigenvalue weighted by molar-refractivity contribution is -0.0871. The molecule has 222 valence electrons. The fourth-order valence-corrected chi connectivity index (χ4v) is 5.16. The Bertz CT molecular complexity index is 1910. The molecular weight excluding hydrogens is 570 g/mol. The molecular formula is C31H25N5O8. The van der Waals surface area contributed by atoms with Gasteiger partial charge in [0.05, 0.1) is 6.33 Å². The van der Waals surface area contributed by atoms with Crippen LogP contribution < -0.4 is 10.9 Å². The number of hydrogen-bond donors (Lipinski definition) is 5. The van der Waals surface area contributed by atoms with Gasteiger partial charge in [-0.25, -0.2) is 4.98 Å². The zero-order valence-corrected chi connectivity index (χ0v) is 22.8. The highest BCUT2D eigenvalue weighted by Crippen LogP contribution is 2.43. The van der Waals surface area contributed by atoms with Crippen molar-refractivity contribution in [2.75, 3.05) is 5.32 Å². The van der Waals surface area contributed by atoms with Gasteiger partial charge in [0.15, 0.2) is 23.2 Å². The smallest absolute Gasteiger partial charge is 0.280 e. The number of aliphatic hydroxyl groups is 3. The van der Waals surface area contributed by atoms with Crippen LogP contribution in [-0.4, -0.2) is 76.2 Å². The lowest BCUT2D eigenvalue weighted by Gasteiger charge is -2.30. The highest BCUT2D eigenvalue weighted by Gasteiger charge is 2.63. The van der Waals surface area contributed by atoms with E-state index in [1.54, 1.807) is 66.7 Å². The van der Waals surface area contributed by atoms with Crippen molar-refractivity contribution < 1.29 is 34.4 Å². The number of ketones is 2. The van der Waals surface area contributed by atoms with Crippen molar-refractivity contribution in [2.45, 2.75) is 30.1 Å². The highest BCUT2D eigenvalue weighted by atomic mass is 16.6. The van der Waals surface area contributed by atoms with Gasteiger partial charge >= 0.3 is 0 Å². The van der Waals surface area contributed by atoms with E-state index in [-0.39, 0.29) is 33.8 Å². The molecule has 13 nitrogen and oxygen atoms in total. The molecule has 6 rings (SSSR count). The van der Waals surface area contributed by atoms with Gasteiger partial charge in [0, 0.05) is 16.7 Å². The van der Waals surface area contributed by atoms with E-state index in [4.69, 9.17) is 4.74 Å². The first-order valence-corrected chi connectivity index (χ1v) is 13.5. The van der Waals surface area contributed by atoms with Crippen LogP contribution in [0.1, 0.15) is 37.3 Å². The SMILES string of the molecule is O=C(Nc1nc2c(ncn2[C@@H]2O[C@H](C(O)C(=O)c3ccccc3)[C@@H](O)[C@]2(O)C(=O)c2ccccc2)c(=O)[nH]1)c1ccccc1. The number of H-pyrrole nitrogens is 1. The number of aliphatic hydroxyl groups excluding tert-OH is 2. The van der Waals surface area contributed by atoms with Crippen molar-refractivity contribution >= 4 is 34.6 Å². The quantitative estimate of drug-likeness (QED) is 0.164. The maximum absolute atomic E-state index is 13.8. The maximum Gasteiger partial charge on any atom is 0.280 e. The van der Waals surface area contributed by atoms with E-state index in [0.29, 0.717) is 0 Å². The standard InChI is InChI=1S/C31H25N5O8/c37-21(17-10-4-1-5-11-17)22(38)23-25(40)31(43,24(39)18-12-6-2-7-13-18)29(44-23)36-16-32-20-26(36)33-30(35-28(20)42)34-27(41)19-14-8-3-9-15-19/h1-16,22-23,25,29,38,40,43H,(H2,33,34,35,41,42)/t22?,23-,25-,29-,31-/m1/s1. The number of nitrogens with zero attached hydrogens (tertiary/aromatic N) is 3. The largest absolute Gasteiger partial charge is 0.387 e. The monoisotopic (exact) mass is 595 g/mol. The Balaban J connectivity index is 1.43. The minimum atomic E-state index is -2.80. The Morgan fingerprint density at radius 1 is 0.909 bits per heavy atom. The van der Waals surface area contributed by atoms with Gasteiger partial charge in [-0.2, -0.15) is 4.98 Å². The summed E-state index contributed by atoms with van der Waals surface area (Å²) in [4.78, 5) is 63.3. The van der Waals surface area contributed by atoms with E-state index in [0.717, 1.165) is 10.9 Å². The van der Waals surface area contributed by atoms with Crippen molar-refractivity contribution in [3.8, 4) is 0 Å². The zero-order chi connectivity index (χ0) is 31.0. The Morgan fingerprint density at radius 2 is 1.48 bits per heavy atom. The van der Waals surface area contributed by atoms with Crippen molar-refractivity contribution in [1.29, 1.82) is 0 Å². The molecule has 0 spiro atoms. The maximum atomic E-state index is 13.8. The average Bonchev–Trinajstić information content (AvgIpc) is 3.60. The van der Waals surface area contributed by atoms with Gasteiger partial charge in [-0.05, 0) is 12.1 Å². The summed E-state index contributed by atoms with van der Waals surface area (Å²) in [6.45, 7) is 0. The molecule has 5 N–H and O–H groups in total. The van der Waals surface area contributed by atoms with Crippen LogP contribution in [0, 0.1) is 0 Å². The predicted molar refractivity (Wildman–Crippen MR) is 155 cm³/mol. The number of rotatable bonds is 8. The molecule has 0 radical (unpaired) electrons. The molecule has 0 saturated carbocycles. The molecule has 0 aliphatic carbocycles. The van der Waals surface area contributed by atoms with Crippen LogP contribution in [0.2, 0.25) is 0 Å². The number of fused-ring (bicyclic) bond motifs is 1. The number of ether oxygens (including phenoxy) is 1. The number of amides is 1. The number of nitrogens with one attached hydrogen (secondary N) is 2. The van der Waals surface area contributed by atoms with Crippen LogP contribution in [0.5, 0.6) is 0 Å². The van der Waals surface area contributed by atoms with Gasteiger partial charge in [0.25, 0.3) is 11.5 Å². The Kier molecular flexibility index (Phi) is 7.45. The molecule has 1 amide bonds. The molecule has 5 atom stereocenters. The van der Waals surface area contributed by atoms with E-state index in [2.05, 4.69) is 20.3 Å². The van der Waals surface area contributed by atoms with Crippen molar-refractivity contribution in [3.63, 3.8) is 0 Å². The molecule has 3 heterocycles. The summed E-state index contributed by atoms with van der Waals surface area (Å²) in [5.74, 6) is -2.65. The fraction of sp³-hybridized carbons (Fsp3) is 0.161. The summed E-state index contributed by atoms with van der Waals surface area (Å²) in [6, 6.07) is 23.5. The summed E-state index contributed by atoms with van der Waals surface area (Å²) < 4.78 is 6.94. The number of carbonyl (C=O) groups is 3. The van der Waals surface area contributed by atoms with Gasteiger partial charge in [0.1, 0.15) is 18.3 Å². The molecule has 1 unspecified atom stereocenters. The molecule has 13 heteroatoms. The first-order chi connectivity index (χ1) is 21.2. The number of Topliss-reactive ketones (excluding diaryl/α,β-unsaturated/α-hetero) is 2. The van der Waals surface area contributed by atoms with Gasteiger partial charge in [0.2, 0.25) is 17.3 Å². The lowest BCUT2D eigenvalue weighted by atomic mass is 9.83. The molecule has 44 heavy (non-hydrogen) atoms. The number of imidazole rings is 1. The van der Waals surface area contributed by atoms with Crippen LogP contribution in [0.15, 0.2) is 102 Å². The Hall–Kier alpha value is -5.34. The van der Waals surface area contributed by atoms with Crippen LogP contribution in [0.25, 0.3) is 11.2 Å². The van der Waals surface area contributed by atoms with E-state index in [1.807, 2.05) is 0 Å². The molecule has 5 aromatic rings. The number of anilines is 1. The number of benzene rings is 3. The normalized spacial score (nSPS) is 22.0. The van der Waals surface area contributed by atoms with Crippen LogP contribution in [-0.2, 0) is 4.74 Å². The van der Waals surface area contributed by atoms with Crippen LogP contribution >= 0.6 is 0 Å². The number of carbonyl (C=O) groups excluding carboxylic acids is 3. The van der Waals surface area contributed by atoms with Gasteiger partial charge in [-0.3, -0.25) is 34.0 Å². The third-order valence-corrected chi connectivity index (χ3v) is 7.42. The second-order valence-corrected chi connectivity index (χ2v) is 10.2. The molecule has 1 fully saturated rings. The predicted octanol–water partition coefficient (Wildman–Crippen LogP) is 1.49. The van der Waals surface area contributed by atoms with E-state index in [1.165, 1.54) is 24.3 Å². The van der Waals surface area contributed by atoms with Crippen molar-refractivity contribution in [3.05, 3.63) is 124 Å². The van der Waals surface area contributed by atoms with Crippen LogP contribution in [0.4, 0.5) is 5.95 Å². The van der Waals surface area contributed by atoms with E-state index < -0.39 is 53.2 Å². The second kappa shape index (κ2) is 11.4. The molecule has 1 aliphatic heterocycles. The van der Waals surface area contributed by atoms with Gasteiger partial charge in [-0.1, -0.05) is 78.9 Å². The van der Waals surface area contributed by atoms with Crippen molar-refractivity contribution in [1.82, 2.24) is 19.5 Å². The molecule has 3 aromatic carbocycles. The zero-order valence-electron chi connectivity index (χ0n) is 22.8. The number of aromatic nitrogens is 4. The fourth-order valence-electron chi connectivity index (χ4n) is 5.16. The van der Waals surface area contributed by atoms with E-state index >= 15 is 0 Å². The lowest BCUT2D eigenvalue weighted by Crippen LogP contribution is -2.55. The first-order valence-electron chi connectivity index (χ1n) is 13.5. The molecule has 0 bridgehead atoms. The molecule has 1 saturated heterocycles. The van der Waals surface area contributed by atoms with Crippen molar-refractivity contribution in [2.24, 2.45) is 0 Å². The van der Waals surface area contributed by atoms with Crippen LogP contribution in [0.3, 0.4) is 0 Å². The van der Waals surface area contributed by atoms with E-state index in [9.17, 15) is 34.5 Å². The molecule has 2 aromatic heterocycles. The third-order valence-electron chi connectivity index (χ3n) is 7.42. The summed E-state index contributed by atoms with van der Waals surface area (Å²) in [6.07, 6.45) is -6.68. The molecule has 1 aliphatic rings. The minimum Gasteiger partial charge on any atom is -0.387 e. The Morgan fingerprint density at radius 3 is 2.09 bits per heavy atom. The number of aromatic amines is 1. The summed E-state index contributed by atoms with van der Waals surface area (Å²) in [7, 11) is 0. The first kappa shape index (κ1) is 28.8. The van der Waals surface area contributed by atoms with Gasteiger partial charge in [-0.15, -0.1) is 0 Å².